The second kappa shape index (κ2) is 3.31. The van der Waals surface area contributed by atoms with Gasteiger partial charge in [0.1, 0.15) is 0 Å². The van der Waals surface area contributed by atoms with Crippen LogP contribution < -0.4 is 0 Å². The lowest BCUT2D eigenvalue weighted by molar-refractivity contribution is 0.0699. The molecule has 2 heterocycles. The van der Waals surface area contributed by atoms with Crippen LogP contribution in [0.1, 0.15) is 21.7 Å². The van der Waals surface area contributed by atoms with Crippen LogP contribution in [-0.4, -0.2) is 21.0 Å². The van der Waals surface area contributed by atoms with E-state index in [9.17, 15) is 4.79 Å². The summed E-state index contributed by atoms with van der Waals surface area (Å²) >= 11 is 0. The number of carbonyl (C=O) groups is 1. The van der Waals surface area contributed by atoms with Crippen molar-refractivity contribution in [2.45, 2.75) is 13.8 Å². The van der Waals surface area contributed by atoms with Crippen LogP contribution in [0.25, 0.3) is 10.9 Å². The second-order valence-electron chi connectivity index (χ2n) is 3.41. The molecule has 0 bridgehead atoms. The monoisotopic (exact) mass is 202 g/mol. The lowest BCUT2D eigenvalue weighted by Gasteiger charge is -2.04. The summed E-state index contributed by atoms with van der Waals surface area (Å²) in [7, 11) is 0. The number of aryl methyl sites for hydroxylation is 2. The highest BCUT2D eigenvalue weighted by atomic mass is 16.4. The molecule has 0 spiro atoms. The molecule has 0 aromatic carbocycles. The van der Waals surface area contributed by atoms with E-state index in [0.717, 1.165) is 11.4 Å². The fourth-order valence-electron chi connectivity index (χ4n) is 1.65. The van der Waals surface area contributed by atoms with E-state index in [2.05, 4.69) is 9.97 Å². The van der Waals surface area contributed by atoms with E-state index >= 15 is 0 Å². The third-order valence-electron chi connectivity index (χ3n) is 2.26. The van der Waals surface area contributed by atoms with Crippen molar-refractivity contribution < 1.29 is 9.90 Å². The second-order valence-corrected chi connectivity index (χ2v) is 3.41. The van der Waals surface area contributed by atoms with Gasteiger partial charge >= 0.3 is 5.97 Å². The van der Waals surface area contributed by atoms with Crippen LogP contribution in [0, 0.1) is 13.8 Å². The van der Waals surface area contributed by atoms with Gasteiger partial charge in [0.05, 0.1) is 16.8 Å². The molecule has 2 rings (SSSR count). The molecule has 0 fully saturated rings. The molecule has 4 heteroatoms. The third kappa shape index (κ3) is 1.54. The zero-order valence-corrected chi connectivity index (χ0v) is 8.48. The smallest absolute Gasteiger partial charge is 0.336 e. The number of hydrogen-bond donors (Lipinski definition) is 1. The average Bonchev–Trinajstić information content (AvgIpc) is 2.16. The van der Waals surface area contributed by atoms with Gasteiger partial charge in [-0.25, -0.2) is 4.79 Å². The predicted molar refractivity (Wildman–Crippen MR) is 56.0 cm³/mol. The molecule has 0 unspecified atom stereocenters. The Morgan fingerprint density at radius 2 is 2.13 bits per heavy atom. The molecule has 0 saturated heterocycles. The molecule has 76 valence electrons. The minimum atomic E-state index is -0.938. The number of hydrogen-bond acceptors (Lipinski definition) is 3. The third-order valence-corrected chi connectivity index (χ3v) is 2.26. The highest BCUT2D eigenvalue weighted by Gasteiger charge is 2.10. The molecular weight excluding hydrogens is 192 g/mol. The molecule has 4 nitrogen and oxygen atoms in total. The SMILES string of the molecule is Cc1cc2c(C(=O)O)ccnc2c(C)n1. The molecule has 0 aliphatic carbocycles. The Balaban J connectivity index is 2.91. The summed E-state index contributed by atoms with van der Waals surface area (Å²) in [5.41, 5.74) is 2.48. The van der Waals surface area contributed by atoms with Gasteiger partial charge in [0.15, 0.2) is 0 Å². The standard InChI is InChI=1S/C11H10N2O2/c1-6-5-9-8(11(14)15)3-4-12-10(9)7(2)13-6/h3-5H,1-2H3,(H,14,15). The molecule has 0 amide bonds. The summed E-state index contributed by atoms with van der Waals surface area (Å²) in [5.74, 6) is -0.938. The Morgan fingerprint density at radius 1 is 1.40 bits per heavy atom. The molecule has 0 atom stereocenters. The van der Waals surface area contributed by atoms with E-state index in [1.165, 1.54) is 12.3 Å². The van der Waals surface area contributed by atoms with Crippen molar-refractivity contribution in [2.24, 2.45) is 0 Å². The van der Waals surface area contributed by atoms with Gasteiger partial charge in [-0.3, -0.25) is 9.97 Å². The van der Waals surface area contributed by atoms with Crippen LogP contribution in [0.5, 0.6) is 0 Å². The maximum absolute atomic E-state index is 11.0. The number of aromatic nitrogens is 2. The van der Waals surface area contributed by atoms with E-state index < -0.39 is 5.97 Å². The summed E-state index contributed by atoms with van der Waals surface area (Å²) in [6.07, 6.45) is 1.50. The molecule has 0 aliphatic heterocycles. The Hall–Kier alpha value is -1.97. The summed E-state index contributed by atoms with van der Waals surface area (Å²) in [5, 5.41) is 9.66. The van der Waals surface area contributed by atoms with E-state index in [0.29, 0.717) is 10.9 Å². The molecule has 15 heavy (non-hydrogen) atoms. The molecule has 0 saturated carbocycles. The maximum atomic E-state index is 11.0. The highest BCUT2D eigenvalue weighted by molar-refractivity contribution is 6.02. The number of fused-ring (bicyclic) bond motifs is 1. The summed E-state index contributed by atoms with van der Waals surface area (Å²) < 4.78 is 0. The van der Waals surface area contributed by atoms with Crippen molar-refractivity contribution in [1.82, 2.24) is 9.97 Å². The Kier molecular flexibility index (Phi) is 2.11. The van der Waals surface area contributed by atoms with Crippen LogP contribution in [0.2, 0.25) is 0 Å². The van der Waals surface area contributed by atoms with Crippen LogP contribution in [0.3, 0.4) is 0 Å². The van der Waals surface area contributed by atoms with Gasteiger partial charge in [0, 0.05) is 17.3 Å². The van der Waals surface area contributed by atoms with Crippen molar-refractivity contribution >= 4 is 16.9 Å². The Labute approximate surface area is 86.6 Å². The Bertz CT molecular complexity index is 550. The van der Waals surface area contributed by atoms with E-state index in [4.69, 9.17) is 5.11 Å². The zero-order valence-electron chi connectivity index (χ0n) is 8.48. The highest BCUT2D eigenvalue weighted by Crippen LogP contribution is 2.19. The number of carboxylic acid groups (broad SMARTS) is 1. The van der Waals surface area contributed by atoms with E-state index in [-0.39, 0.29) is 5.56 Å². The fourth-order valence-corrected chi connectivity index (χ4v) is 1.65. The van der Waals surface area contributed by atoms with Crippen molar-refractivity contribution in [3.8, 4) is 0 Å². The van der Waals surface area contributed by atoms with Crippen molar-refractivity contribution in [3.63, 3.8) is 0 Å². The van der Waals surface area contributed by atoms with Gasteiger partial charge in [0.2, 0.25) is 0 Å². The van der Waals surface area contributed by atoms with Gasteiger partial charge < -0.3 is 5.11 Å². The van der Waals surface area contributed by atoms with Gasteiger partial charge in [-0.2, -0.15) is 0 Å². The van der Waals surface area contributed by atoms with Gasteiger partial charge in [0.25, 0.3) is 0 Å². The molecule has 1 N–H and O–H groups in total. The number of pyridine rings is 2. The predicted octanol–water partition coefficient (Wildman–Crippen LogP) is 1.94. The van der Waals surface area contributed by atoms with Crippen LogP contribution in [0.15, 0.2) is 18.3 Å². The zero-order chi connectivity index (χ0) is 11.0. The van der Waals surface area contributed by atoms with Crippen LogP contribution in [0.4, 0.5) is 0 Å². The number of rotatable bonds is 1. The molecular formula is C11H10N2O2. The average molecular weight is 202 g/mol. The van der Waals surface area contributed by atoms with Crippen molar-refractivity contribution in [3.05, 3.63) is 35.3 Å². The molecule has 2 aromatic heterocycles. The molecule has 0 aliphatic rings. The summed E-state index contributed by atoms with van der Waals surface area (Å²) in [6.45, 7) is 3.67. The van der Waals surface area contributed by atoms with Gasteiger partial charge in [-0.15, -0.1) is 0 Å². The maximum Gasteiger partial charge on any atom is 0.336 e. The fraction of sp³-hybridized carbons (Fsp3) is 0.182. The first-order valence-corrected chi connectivity index (χ1v) is 4.56. The number of aromatic carboxylic acids is 1. The van der Waals surface area contributed by atoms with E-state index in [1.807, 2.05) is 13.8 Å². The first kappa shape index (κ1) is 9.58. The van der Waals surface area contributed by atoms with Gasteiger partial charge in [-0.1, -0.05) is 0 Å². The molecule has 0 radical (unpaired) electrons. The summed E-state index contributed by atoms with van der Waals surface area (Å²) in [4.78, 5) is 19.4. The normalized spacial score (nSPS) is 10.5. The van der Waals surface area contributed by atoms with Crippen molar-refractivity contribution in [1.29, 1.82) is 0 Å². The van der Waals surface area contributed by atoms with Gasteiger partial charge in [-0.05, 0) is 26.0 Å². The molecule has 2 aromatic rings. The first-order valence-electron chi connectivity index (χ1n) is 4.56. The lowest BCUT2D eigenvalue weighted by Crippen LogP contribution is -2.00. The Morgan fingerprint density at radius 3 is 2.80 bits per heavy atom. The summed E-state index contributed by atoms with van der Waals surface area (Å²) in [6, 6.07) is 3.25. The first-order chi connectivity index (χ1) is 7.09. The number of carboxylic acids is 1. The minimum absolute atomic E-state index is 0.272. The number of nitrogens with zero attached hydrogens (tertiary/aromatic N) is 2. The topological polar surface area (TPSA) is 63.1 Å². The largest absolute Gasteiger partial charge is 0.478 e. The van der Waals surface area contributed by atoms with E-state index in [1.54, 1.807) is 6.07 Å². The lowest BCUT2D eigenvalue weighted by atomic mass is 10.1. The minimum Gasteiger partial charge on any atom is -0.478 e. The van der Waals surface area contributed by atoms with Crippen LogP contribution >= 0.6 is 0 Å². The van der Waals surface area contributed by atoms with Crippen LogP contribution in [-0.2, 0) is 0 Å². The quantitative estimate of drug-likeness (QED) is 0.767. The van der Waals surface area contributed by atoms with Crippen molar-refractivity contribution in [2.75, 3.05) is 0 Å².